The summed E-state index contributed by atoms with van der Waals surface area (Å²) in [5.74, 6) is 0.193. The van der Waals surface area contributed by atoms with Crippen LogP contribution >= 0.6 is 23.1 Å². The summed E-state index contributed by atoms with van der Waals surface area (Å²) in [5.41, 5.74) is 0.743. The molecule has 0 radical (unpaired) electrons. The molecular formula is C12H9FN4S2. The topological polar surface area (TPSA) is 53.6 Å². The van der Waals surface area contributed by atoms with Gasteiger partial charge in [-0.2, -0.15) is 16.3 Å². The van der Waals surface area contributed by atoms with Crippen molar-refractivity contribution in [3.8, 4) is 0 Å². The van der Waals surface area contributed by atoms with E-state index in [4.69, 9.17) is 0 Å². The van der Waals surface area contributed by atoms with E-state index in [1.807, 2.05) is 16.8 Å². The Morgan fingerprint density at radius 3 is 2.79 bits per heavy atom. The van der Waals surface area contributed by atoms with E-state index in [-0.39, 0.29) is 5.82 Å². The van der Waals surface area contributed by atoms with Crippen LogP contribution in [0.3, 0.4) is 0 Å². The van der Waals surface area contributed by atoms with Crippen LogP contribution in [0.1, 0.15) is 0 Å². The van der Waals surface area contributed by atoms with Gasteiger partial charge in [-0.3, -0.25) is 5.10 Å². The van der Waals surface area contributed by atoms with Gasteiger partial charge in [-0.25, -0.2) is 4.39 Å². The Balaban J connectivity index is 1.69. The van der Waals surface area contributed by atoms with Crippen molar-refractivity contribution in [1.29, 1.82) is 0 Å². The van der Waals surface area contributed by atoms with Gasteiger partial charge in [-0.1, -0.05) is 0 Å². The number of nitrogens with zero attached hydrogens (tertiary/aromatic N) is 2. The molecule has 2 heterocycles. The lowest BCUT2D eigenvalue weighted by Gasteiger charge is -1.99. The molecule has 0 unspecified atom stereocenters. The average Bonchev–Trinajstić information content (AvgIpc) is 3.05. The molecule has 0 aliphatic heterocycles. The molecule has 7 heteroatoms. The van der Waals surface area contributed by atoms with E-state index in [9.17, 15) is 4.39 Å². The Morgan fingerprint density at radius 1 is 1.21 bits per heavy atom. The predicted molar refractivity (Wildman–Crippen MR) is 74.5 cm³/mol. The molecule has 96 valence electrons. The summed E-state index contributed by atoms with van der Waals surface area (Å²) in [6.07, 6.45) is 0. The smallest absolute Gasteiger partial charge is 0.247 e. The molecule has 0 aliphatic carbocycles. The maximum Gasteiger partial charge on any atom is 0.247 e. The molecule has 3 aromatic rings. The molecule has 2 N–H and O–H groups in total. The molecule has 0 bridgehead atoms. The Morgan fingerprint density at radius 2 is 2.05 bits per heavy atom. The van der Waals surface area contributed by atoms with Crippen molar-refractivity contribution >= 4 is 34.7 Å². The summed E-state index contributed by atoms with van der Waals surface area (Å²) in [5, 5.41) is 14.7. The molecule has 4 nitrogen and oxygen atoms in total. The quantitative estimate of drug-likeness (QED) is 0.765. The number of halogens is 1. The number of benzene rings is 1. The van der Waals surface area contributed by atoms with Crippen LogP contribution in [0.25, 0.3) is 0 Å². The largest absolute Gasteiger partial charge is 0.323 e. The highest BCUT2D eigenvalue weighted by Gasteiger charge is 2.05. The van der Waals surface area contributed by atoms with Gasteiger partial charge in [-0.15, -0.1) is 5.10 Å². The molecular weight excluding hydrogens is 283 g/mol. The fourth-order valence-corrected chi connectivity index (χ4v) is 2.98. The van der Waals surface area contributed by atoms with Gasteiger partial charge in [0.25, 0.3) is 0 Å². The van der Waals surface area contributed by atoms with E-state index in [0.29, 0.717) is 11.1 Å². The second-order valence-corrected chi connectivity index (χ2v) is 5.50. The summed E-state index contributed by atoms with van der Waals surface area (Å²) >= 11 is 3.14. The normalized spacial score (nSPS) is 10.6. The molecule has 3 rings (SSSR count). The van der Waals surface area contributed by atoms with Gasteiger partial charge >= 0.3 is 0 Å². The summed E-state index contributed by atoms with van der Waals surface area (Å²) in [4.78, 5) is 5.42. The van der Waals surface area contributed by atoms with Crippen molar-refractivity contribution in [2.75, 3.05) is 5.32 Å². The van der Waals surface area contributed by atoms with Crippen molar-refractivity contribution in [2.45, 2.75) is 10.1 Å². The zero-order valence-electron chi connectivity index (χ0n) is 9.63. The molecule has 0 amide bonds. The van der Waals surface area contributed by atoms with Crippen molar-refractivity contribution in [2.24, 2.45) is 0 Å². The van der Waals surface area contributed by atoms with Gasteiger partial charge in [0.2, 0.25) is 5.95 Å². The van der Waals surface area contributed by atoms with Gasteiger partial charge in [0.1, 0.15) is 5.82 Å². The minimum absolute atomic E-state index is 0.269. The lowest BCUT2D eigenvalue weighted by atomic mass is 10.3. The van der Waals surface area contributed by atoms with Crippen molar-refractivity contribution in [3.63, 3.8) is 0 Å². The second kappa shape index (κ2) is 5.41. The predicted octanol–water partition coefficient (Wildman–Crippen LogP) is 3.90. The van der Waals surface area contributed by atoms with Crippen LogP contribution in [0.5, 0.6) is 0 Å². The standard InChI is InChI=1S/C12H9FN4S2/c13-8-1-3-9(4-2-8)14-11-15-12(17-16-11)19-10-5-6-18-7-10/h1-7H,(H2,14,15,16,17). The molecule has 0 fully saturated rings. The van der Waals surface area contributed by atoms with E-state index in [2.05, 4.69) is 20.5 Å². The SMILES string of the molecule is Fc1ccc(Nc2n[nH]c(Sc3ccsc3)n2)cc1. The van der Waals surface area contributed by atoms with Crippen LogP contribution < -0.4 is 5.32 Å². The number of aromatic amines is 1. The van der Waals surface area contributed by atoms with Crippen LogP contribution in [0.4, 0.5) is 16.0 Å². The maximum atomic E-state index is 12.8. The molecule has 1 aromatic carbocycles. The van der Waals surface area contributed by atoms with Crippen LogP contribution in [-0.2, 0) is 0 Å². The third kappa shape index (κ3) is 3.12. The monoisotopic (exact) mass is 292 g/mol. The Hall–Kier alpha value is -1.86. The molecule has 0 saturated carbocycles. The lowest BCUT2D eigenvalue weighted by Crippen LogP contribution is -1.92. The Bertz CT molecular complexity index is 649. The van der Waals surface area contributed by atoms with E-state index in [1.54, 1.807) is 23.5 Å². The number of thiophene rings is 1. The molecule has 0 atom stereocenters. The van der Waals surface area contributed by atoms with E-state index in [0.717, 1.165) is 10.6 Å². The summed E-state index contributed by atoms with van der Waals surface area (Å²) in [6, 6.07) is 8.06. The number of rotatable bonds is 4. The molecule has 19 heavy (non-hydrogen) atoms. The highest BCUT2D eigenvalue weighted by Crippen LogP contribution is 2.27. The van der Waals surface area contributed by atoms with Gasteiger partial charge in [0.05, 0.1) is 0 Å². The van der Waals surface area contributed by atoms with E-state index >= 15 is 0 Å². The van der Waals surface area contributed by atoms with Gasteiger partial charge < -0.3 is 5.32 Å². The third-order valence-electron chi connectivity index (χ3n) is 2.27. The van der Waals surface area contributed by atoms with Crippen molar-refractivity contribution in [1.82, 2.24) is 15.2 Å². The third-order valence-corrected chi connectivity index (χ3v) is 3.97. The second-order valence-electron chi connectivity index (χ2n) is 3.66. The van der Waals surface area contributed by atoms with Crippen molar-refractivity contribution in [3.05, 3.63) is 46.9 Å². The number of anilines is 2. The maximum absolute atomic E-state index is 12.8. The van der Waals surface area contributed by atoms with Crippen LogP contribution in [0.2, 0.25) is 0 Å². The highest BCUT2D eigenvalue weighted by molar-refractivity contribution is 7.99. The molecule has 0 spiro atoms. The Labute approximate surface area is 117 Å². The number of hydrogen-bond acceptors (Lipinski definition) is 5. The molecule has 0 aliphatic rings. The van der Waals surface area contributed by atoms with Crippen molar-refractivity contribution < 1.29 is 4.39 Å². The first kappa shape index (κ1) is 12.2. The fourth-order valence-electron chi connectivity index (χ4n) is 1.43. The first-order chi connectivity index (χ1) is 9.29. The number of hydrogen-bond donors (Lipinski definition) is 2. The van der Waals surface area contributed by atoms with Gasteiger partial charge in [0, 0.05) is 16.0 Å². The average molecular weight is 292 g/mol. The van der Waals surface area contributed by atoms with Gasteiger partial charge in [-0.05, 0) is 47.5 Å². The number of H-pyrrole nitrogens is 1. The summed E-state index contributed by atoms with van der Waals surface area (Å²) < 4.78 is 12.8. The minimum atomic E-state index is -0.269. The van der Waals surface area contributed by atoms with Crippen LogP contribution in [0, 0.1) is 5.82 Å². The zero-order valence-corrected chi connectivity index (χ0v) is 11.3. The minimum Gasteiger partial charge on any atom is -0.323 e. The first-order valence-corrected chi connectivity index (χ1v) is 7.20. The van der Waals surface area contributed by atoms with Crippen LogP contribution in [0.15, 0.2) is 51.1 Å². The van der Waals surface area contributed by atoms with E-state index < -0.39 is 0 Å². The number of nitrogens with one attached hydrogen (secondary N) is 2. The van der Waals surface area contributed by atoms with Crippen LogP contribution in [-0.4, -0.2) is 15.2 Å². The molecule has 2 aromatic heterocycles. The van der Waals surface area contributed by atoms with Gasteiger partial charge in [0.15, 0.2) is 5.16 Å². The lowest BCUT2D eigenvalue weighted by molar-refractivity contribution is 0.628. The first-order valence-electron chi connectivity index (χ1n) is 5.45. The summed E-state index contributed by atoms with van der Waals surface area (Å²) in [7, 11) is 0. The summed E-state index contributed by atoms with van der Waals surface area (Å²) in [6.45, 7) is 0. The Kier molecular flexibility index (Phi) is 3.47. The highest BCUT2D eigenvalue weighted by atomic mass is 32.2. The zero-order chi connectivity index (χ0) is 13.1. The van der Waals surface area contributed by atoms with E-state index in [1.165, 1.54) is 23.9 Å². The molecule has 0 saturated heterocycles. The number of aromatic nitrogens is 3. The fraction of sp³-hybridized carbons (Fsp3) is 0.